The van der Waals surface area contributed by atoms with Gasteiger partial charge >= 0.3 is 5.97 Å². The molecule has 1 fully saturated rings. The van der Waals surface area contributed by atoms with E-state index >= 15 is 0 Å². The molecule has 0 unspecified atom stereocenters. The maximum atomic E-state index is 12.8. The predicted molar refractivity (Wildman–Crippen MR) is 146 cm³/mol. The number of hydrogen-bond acceptors (Lipinski definition) is 5. The highest BCUT2D eigenvalue weighted by Gasteiger charge is 2.32. The zero-order chi connectivity index (χ0) is 27.4. The molecule has 2 aliphatic rings. The fourth-order valence-electron chi connectivity index (χ4n) is 4.76. The smallest absolute Gasteiger partial charge is 0.326 e. The average molecular weight is 580 g/mol. The van der Waals surface area contributed by atoms with E-state index in [1.165, 1.54) is 12.1 Å². The van der Waals surface area contributed by atoms with E-state index in [4.69, 9.17) is 23.2 Å². The molecular weight excluding hydrogens is 551 g/mol. The second kappa shape index (κ2) is 11.9. The van der Waals surface area contributed by atoms with Crippen LogP contribution in [0.4, 0.5) is 0 Å². The number of aliphatic carboxylic acids is 1. The van der Waals surface area contributed by atoms with Crippen molar-refractivity contribution in [2.24, 2.45) is 5.92 Å². The van der Waals surface area contributed by atoms with Crippen molar-refractivity contribution >= 4 is 56.4 Å². The molecule has 1 saturated heterocycles. The highest BCUT2D eigenvalue weighted by Crippen LogP contribution is 2.27. The van der Waals surface area contributed by atoms with E-state index in [0.29, 0.717) is 32.4 Å². The van der Waals surface area contributed by atoms with Gasteiger partial charge < -0.3 is 15.3 Å². The van der Waals surface area contributed by atoms with Crippen LogP contribution in [0.25, 0.3) is 5.57 Å². The summed E-state index contributed by atoms with van der Waals surface area (Å²) in [5.74, 6) is -1.91. The number of carboxylic acid groups (broad SMARTS) is 1. The third-order valence-corrected chi connectivity index (χ3v) is 9.33. The standard InChI is InChI=1S/C27H28Cl2N2O6S/c28-21-2-1-3-22(29)24(21)25(32)30-23(27(34)35)16-17-4-6-18(7-5-17)19-8-12-31(13-9-19)26(33)20-10-14-38(36,37)15-11-20/h1-8,20,23H,9-16H2,(H,30,32)(H,34,35)/t23-/m0/s1. The molecule has 0 spiro atoms. The van der Waals surface area contributed by atoms with Crippen LogP contribution in [0, 0.1) is 5.92 Å². The summed E-state index contributed by atoms with van der Waals surface area (Å²) >= 11 is 12.1. The van der Waals surface area contributed by atoms with Crippen molar-refractivity contribution in [1.82, 2.24) is 10.2 Å². The maximum absolute atomic E-state index is 12.8. The number of nitrogens with zero attached hydrogens (tertiary/aromatic N) is 1. The lowest BCUT2D eigenvalue weighted by atomic mass is 9.95. The van der Waals surface area contributed by atoms with Crippen LogP contribution >= 0.6 is 23.2 Å². The van der Waals surface area contributed by atoms with E-state index in [2.05, 4.69) is 5.32 Å². The Labute approximate surface area is 231 Å². The molecule has 0 saturated carbocycles. The molecule has 202 valence electrons. The van der Waals surface area contributed by atoms with Gasteiger partial charge in [0.15, 0.2) is 0 Å². The monoisotopic (exact) mass is 578 g/mol. The second-order valence-electron chi connectivity index (χ2n) is 9.55. The summed E-state index contributed by atoms with van der Waals surface area (Å²) in [4.78, 5) is 39.1. The van der Waals surface area contributed by atoms with Crippen LogP contribution in [-0.2, 0) is 25.8 Å². The minimum absolute atomic E-state index is 0.0189. The van der Waals surface area contributed by atoms with Gasteiger partial charge in [0, 0.05) is 25.4 Å². The van der Waals surface area contributed by atoms with Gasteiger partial charge in [-0.2, -0.15) is 0 Å². The summed E-state index contributed by atoms with van der Waals surface area (Å²) in [6.07, 6.45) is 3.52. The molecule has 2 amide bonds. The van der Waals surface area contributed by atoms with Gasteiger partial charge in [0.05, 0.1) is 27.1 Å². The number of sulfone groups is 1. The van der Waals surface area contributed by atoms with E-state index in [1.807, 2.05) is 30.3 Å². The van der Waals surface area contributed by atoms with Crippen molar-refractivity contribution < 1.29 is 27.9 Å². The number of carboxylic acids is 1. The summed E-state index contributed by atoms with van der Waals surface area (Å²) in [6.45, 7) is 1.03. The van der Waals surface area contributed by atoms with Crippen molar-refractivity contribution in [2.75, 3.05) is 24.6 Å². The summed E-state index contributed by atoms with van der Waals surface area (Å²) in [7, 11) is -3.01. The molecular formula is C27H28Cl2N2O6S. The first kappa shape index (κ1) is 28.1. The van der Waals surface area contributed by atoms with Crippen molar-refractivity contribution in [3.8, 4) is 0 Å². The lowest BCUT2D eigenvalue weighted by Crippen LogP contribution is -2.42. The van der Waals surface area contributed by atoms with Gasteiger partial charge in [-0.15, -0.1) is 0 Å². The van der Waals surface area contributed by atoms with Crippen molar-refractivity contribution in [2.45, 2.75) is 31.7 Å². The summed E-state index contributed by atoms with van der Waals surface area (Å²) in [5.41, 5.74) is 2.82. The first-order valence-electron chi connectivity index (χ1n) is 12.3. The Morgan fingerprint density at radius 3 is 2.21 bits per heavy atom. The van der Waals surface area contributed by atoms with E-state index < -0.39 is 27.8 Å². The fraction of sp³-hybridized carbons (Fsp3) is 0.370. The third kappa shape index (κ3) is 6.76. The summed E-state index contributed by atoms with van der Waals surface area (Å²) < 4.78 is 23.3. The van der Waals surface area contributed by atoms with Gasteiger partial charge in [-0.1, -0.05) is 59.6 Å². The Morgan fingerprint density at radius 2 is 1.66 bits per heavy atom. The molecule has 2 aromatic carbocycles. The number of carbonyl (C=O) groups is 3. The number of amides is 2. The quantitative estimate of drug-likeness (QED) is 0.514. The van der Waals surface area contributed by atoms with Crippen molar-refractivity contribution in [1.29, 1.82) is 0 Å². The lowest BCUT2D eigenvalue weighted by Gasteiger charge is -2.31. The van der Waals surface area contributed by atoms with Gasteiger partial charge in [0.25, 0.3) is 5.91 Å². The zero-order valence-electron chi connectivity index (χ0n) is 20.5. The Kier molecular flexibility index (Phi) is 8.80. The van der Waals surface area contributed by atoms with Crippen molar-refractivity contribution in [3.05, 3.63) is 75.3 Å². The minimum Gasteiger partial charge on any atom is -0.480 e. The van der Waals surface area contributed by atoms with Gasteiger partial charge in [-0.3, -0.25) is 9.59 Å². The molecule has 0 bridgehead atoms. The van der Waals surface area contributed by atoms with Crippen molar-refractivity contribution in [3.63, 3.8) is 0 Å². The fourth-order valence-corrected chi connectivity index (χ4v) is 6.82. The zero-order valence-corrected chi connectivity index (χ0v) is 22.9. The van der Waals surface area contributed by atoms with Crippen LogP contribution in [0.3, 0.4) is 0 Å². The van der Waals surface area contributed by atoms with Gasteiger partial charge in [-0.05, 0) is 48.1 Å². The molecule has 2 heterocycles. The van der Waals surface area contributed by atoms with Crippen LogP contribution in [0.1, 0.15) is 40.7 Å². The van der Waals surface area contributed by atoms with E-state index in [9.17, 15) is 27.9 Å². The first-order chi connectivity index (χ1) is 18.0. The molecule has 2 N–H and O–H groups in total. The molecule has 4 rings (SSSR count). The second-order valence-corrected chi connectivity index (χ2v) is 12.7. The highest BCUT2D eigenvalue weighted by atomic mass is 35.5. The van der Waals surface area contributed by atoms with E-state index in [0.717, 1.165) is 16.7 Å². The molecule has 38 heavy (non-hydrogen) atoms. The summed E-state index contributed by atoms with van der Waals surface area (Å²) in [5, 5.41) is 12.4. The largest absolute Gasteiger partial charge is 0.480 e. The van der Waals surface area contributed by atoms with Crippen LogP contribution in [-0.4, -0.2) is 66.8 Å². The number of rotatable bonds is 7. The average Bonchev–Trinajstić information content (AvgIpc) is 2.88. The highest BCUT2D eigenvalue weighted by molar-refractivity contribution is 7.91. The SMILES string of the molecule is O=C(N[C@@H](Cc1ccc(C2=CCN(C(=O)C3CCS(=O)(=O)CC3)CC2)cc1)C(=O)O)c1c(Cl)cccc1Cl. The number of halogens is 2. The van der Waals surface area contributed by atoms with Gasteiger partial charge in [0.1, 0.15) is 15.9 Å². The Morgan fingerprint density at radius 1 is 1.03 bits per heavy atom. The number of carbonyl (C=O) groups excluding carboxylic acids is 2. The van der Waals surface area contributed by atoms with E-state index in [-0.39, 0.29) is 45.4 Å². The van der Waals surface area contributed by atoms with Crippen LogP contribution in [0.2, 0.25) is 10.0 Å². The van der Waals surface area contributed by atoms with Crippen LogP contribution in [0.5, 0.6) is 0 Å². The summed E-state index contributed by atoms with van der Waals surface area (Å²) in [6, 6.07) is 10.9. The van der Waals surface area contributed by atoms with Crippen LogP contribution < -0.4 is 5.32 Å². The van der Waals surface area contributed by atoms with E-state index in [1.54, 1.807) is 11.0 Å². The molecule has 0 aliphatic carbocycles. The molecule has 0 aromatic heterocycles. The minimum atomic E-state index is -3.01. The molecule has 1 atom stereocenters. The number of benzene rings is 2. The number of hydrogen-bond donors (Lipinski definition) is 2. The first-order valence-corrected chi connectivity index (χ1v) is 14.9. The Balaban J connectivity index is 1.36. The van der Waals surface area contributed by atoms with Gasteiger partial charge in [0.2, 0.25) is 5.91 Å². The number of nitrogens with one attached hydrogen (secondary N) is 1. The molecule has 11 heteroatoms. The topological polar surface area (TPSA) is 121 Å². The molecule has 2 aromatic rings. The predicted octanol–water partition coefficient (Wildman–Crippen LogP) is 3.86. The molecule has 2 aliphatic heterocycles. The molecule has 8 nitrogen and oxygen atoms in total. The normalized spacial score (nSPS) is 18.4. The maximum Gasteiger partial charge on any atom is 0.326 e. The lowest BCUT2D eigenvalue weighted by molar-refractivity contribution is -0.139. The molecule has 0 radical (unpaired) electrons. The van der Waals surface area contributed by atoms with Crippen LogP contribution in [0.15, 0.2) is 48.5 Å². The Hall–Kier alpha value is -2.88. The third-order valence-electron chi connectivity index (χ3n) is 6.98. The Bertz CT molecular complexity index is 1340. The van der Waals surface area contributed by atoms with Gasteiger partial charge in [-0.25, -0.2) is 13.2 Å².